The zero-order chi connectivity index (χ0) is 51.3. The first kappa shape index (κ1) is 52.0. The minimum Gasteiger partial charge on any atom is -0.461 e. The third-order valence-electron chi connectivity index (χ3n) is 12.2. The van der Waals surface area contributed by atoms with Crippen LogP contribution in [0.1, 0.15) is 81.4 Å². The predicted octanol–water partition coefficient (Wildman–Crippen LogP) is 12.0. The van der Waals surface area contributed by atoms with Crippen molar-refractivity contribution < 1.29 is 24.2 Å². The fourth-order valence-electron chi connectivity index (χ4n) is 8.36. The number of aliphatic hydroxyl groups excluding tert-OH is 1. The Balaban J connectivity index is 0.000000134. The van der Waals surface area contributed by atoms with Gasteiger partial charge in [0.25, 0.3) is 0 Å². The number of aromatic nitrogens is 3. The zero-order valence-electron chi connectivity index (χ0n) is 41.9. The highest BCUT2D eigenvalue weighted by Gasteiger charge is 2.19. The first-order valence-corrected chi connectivity index (χ1v) is 25.0. The van der Waals surface area contributed by atoms with Gasteiger partial charge in [-0.25, -0.2) is 0 Å². The number of ketones is 1. The first-order chi connectivity index (χ1) is 36.3. The van der Waals surface area contributed by atoms with Crippen LogP contribution >= 0.6 is 0 Å². The summed E-state index contributed by atoms with van der Waals surface area (Å²) in [4.78, 5) is 50.3. The van der Waals surface area contributed by atoms with Gasteiger partial charge in [0.1, 0.15) is 12.4 Å². The van der Waals surface area contributed by atoms with Gasteiger partial charge >= 0.3 is 5.97 Å². The van der Waals surface area contributed by atoms with Gasteiger partial charge in [0, 0.05) is 57.5 Å². The van der Waals surface area contributed by atoms with E-state index in [1.54, 1.807) is 19.3 Å². The lowest BCUT2D eigenvalue weighted by Crippen LogP contribution is -2.10. The third kappa shape index (κ3) is 15.6. The van der Waals surface area contributed by atoms with Crippen LogP contribution in [0.15, 0.2) is 203 Å². The number of fused-ring (bicyclic) bond motifs is 3. The number of hydrogen-bond donors (Lipinski definition) is 1. The minimum atomic E-state index is -0.248. The molecule has 4 aliphatic rings. The molecule has 1 N–H and O–H groups in total. The van der Waals surface area contributed by atoms with Crippen molar-refractivity contribution in [2.75, 3.05) is 13.2 Å². The molecule has 11 nitrogen and oxygen atoms in total. The molecule has 7 heterocycles. The van der Waals surface area contributed by atoms with E-state index in [-0.39, 0.29) is 24.8 Å². The second-order valence-corrected chi connectivity index (χ2v) is 18.1. The van der Waals surface area contributed by atoms with E-state index in [9.17, 15) is 9.59 Å². The maximum atomic E-state index is 12.1. The summed E-state index contributed by atoms with van der Waals surface area (Å²) in [5, 5.41) is 8.54. The Bertz CT molecular complexity index is 3230. The Labute approximate surface area is 433 Å². The van der Waals surface area contributed by atoms with Gasteiger partial charge in [0.15, 0.2) is 0 Å². The molecule has 11 heteroatoms. The Morgan fingerprint density at radius 3 is 1.32 bits per heavy atom. The van der Waals surface area contributed by atoms with Crippen LogP contribution < -0.4 is 0 Å². The average Bonchev–Trinajstić information content (AvgIpc) is 4.30. The molecule has 74 heavy (non-hydrogen) atoms. The number of carbonyl (C=O) groups excluding carboxylic acids is 2. The Kier molecular flexibility index (Phi) is 18.9. The summed E-state index contributed by atoms with van der Waals surface area (Å²) >= 11 is 0. The first-order valence-electron chi connectivity index (χ1n) is 25.0. The van der Waals surface area contributed by atoms with Gasteiger partial charge < -0.3 is 14.6 Å². The van der Waals surface area contributed by atoms with E-state index in [0.717, 1.165) is 106 Å². The fourth-order valence-corrected chi connectivity index (χ4v) is 8.36. The highest BCUT2D eigenvalue weighted by atomic mass is 16.5. The molecule has 5 aromatic carbocycles. The van der Waals surface area contributed by atoms with Gasteiger partial charge in [-0.3, -0.25) is 39.5 Å². The van der Waals surface area contributed by atoms with E-state index in [2.05, 4.69) is 73.3 Å². The van der Waals surface area contributed by atoms with Crippen LogP contribution in [-0.2, 0) is 64.4 Å². The van der Waals surface area contributed by atoms with Gasteiger partial charge in [-0.05, 0) is 126 Å². The molecule has 0 saturated carbocycles. The number of aliphatic imine (C=N–C) groups is 3. The van der Waals surface area contributed by atoms with Crippen molar-refractivity contribution in [2.45, 2.75) is 72.0 Å². The molecule has 4 aliphatic heterocycles. The number of aliphatic hydroxyl groups is 1. The maximum Gasteiger partial charge on any atom is 0.310 e. The predicted molar refractivity (Wildman–Crippen MR) is 293 cm³/mol. The quantitative estimate of drug-likeness (QED) is 0.133. The van der Waals surface area contributed by atoms with Crippen molar-refractivity contribution >= 4 is 45.9 Å². The molecule has 8 aromatic rings. The van der Waals surface area contributed by atoms with E-state index >= 15 is 0 Å². The molecule has 1 saturated heterocycles. The van der Waals surface area contributed by atoms with E-state index < -0.39 is 0 Å². The third-order valence-corrected chi connectivity index (χ3v) is 12.2. The van der Waals surface area contributed by atoms with Crippen molar-refractivity contribution in [1.29, 1.82) is 0 Å². The normalized spacial score (nSPS) is 13.2. The number of carbonyl (C=O) groups is 2. The fraction of sp³-hybridized carbons (Fsp3) is 0.206. The number of pyridine rings is 3. The Morgan fingerprint density at radius 2 is 0.919 bits per heavy atom. The summed E-state index contributed by atoms with van der Waals surface area (Å²) in [5.41, 5.74) is 17.6. The topological polar surface area (TPSA) is 149 Å². The molecule has 0 atom stereocenters. The standard InChI is InChI=1S/C22H18N2O2.C16H14N2O.C14H12N2.C7H8O.C4H8O/c25-22(26-15-16-6-2-1-3-7-16)13-17-10-11-23-20(12-17)21-14-18-8-4-5-9-19(18)24-21;1-11(19)8-12-6-7-17-15(9-12)16-10-13-4-2-3-5-14(13)18-16;1-10-6-7-15-13(8-10)14-9-11-4-2-3-5-12(11)16-14;8-6-7-4-2-1-3-5-7;1-2-4-5-3-1/h1-12H,13-15H2;2-7,9H,8,10H2,1H3;2-8H,9H2,1H3;1-5,8H,6H2;1-4H2. The van der Waals surface area contributed by atoms with E-state index in [1.165, 1.54) is 35.1 Å². The number of para-hydroxylation sites is 3. The van der Waals surface area contributed by atoms with E-state index in [1.807, 2.05) is 140 Å². The van der Waals surface area contributed by atoms with E-state index in [4.69, 9.17) is 14.6 Å². The smallest absolute Gasteiger partial charge is 0.310 e. The number of nitrogens with zero attached hydrogens (tertiary/aromatic N) is 6. The van der Waals surface area contributed by atoms with Crippen molar-refractivity contribution in [2.24, 2.45) is 15.0 Å². The Hall–Kier alpha value is -8.38. The number of rotatable bonds is 10. The molecular formula is C63H60N6O5. The summed E-state index contributed by atoms with van der Waals surface area (Å²) in [5.74, 6) is -0.0866. The van der Waals surface area contributed by atoms with Crippen LogP contribution in [-0.4, -0.2) is 62.2 Å². The molecule has 0 bridgehead atoms. The number of ether oxygens (including phenoxy) is 2. The lowest BCUT2D eigenvalue weighted by Gasteiger charge is -2.06. The highest BCUT2D eigenvalue weighted by molar-refractivity contribution is 6.06. The number of esters is 1. The van der Waals surface area contributed by atoms with E-state index in [0.29, 0.717) is 13.0 Å². The van der Waals surface area contributed by atoms with Crippen LogP contribution in [0.5, 0.6) is 0 Å². The molecule has 0 aliphatic carbocycles. The monoisotopic (exact) mass is 980 g/mol. The second-order valence-electron chi connectivity index (χ2n) is 18.1. The lowest BCUT2D eigenvalue weighted by atomic mass is 10.1. The van der Waals surface area contributed by atoms with Gasteiger partial charge in [0.2, 0.25) is 0 Å². The van der Waals surface area contributed by atoms with Crippen LogP contribution in [0.25, 0.3) is 0 Å². The number of hydrogen-bond acceptors (Lipinski definition) is 11. The van der Waals surface area contributed by atoms with Gasteiger partial charge in [-0.2, -0.15) is 0 Å². The summed E-state index contributed by atoms with van der Waals surface area (Å²) < 4.78 is 10.3. The molecule has 372 valence electrons. The number of aryl methyl sites for hydroxylation is 1. The molecule has 1 fully saturated rings. The number of Topliss-reactive ketones (excluding diaryl/α,β-unsaturated/α-hetero) is 1. The molecule has 0 radical (unpaired) electrons. The molecular weight excluding hydrogens is 921 g/mol. The largest absolute Gasteiger partial charge is 0.461 e. The van der Waals surface area contributed by atoms with Gasteiger partial charge in [-0.1, -0.05) is 115 Å². The zero-order valence-corrected chi connectivity index (χ0v) is 41.9. The van der Waals surface area contributed by atoms with Crippen molar-refractivity contribution in [3.8, 4) is 0 Å². The molecule has 12 rings (SSSR count). The van der Waals surface area contributed by atoms with Crippen LogP contribution in [0, 0.1) is 6.92 Å². The SMILES string of the molecule is C1CCOC1.CC(=O)Cc1ccnc(C2=Nc3ccccc3C2)c1.Cc1ccnc(C2=Nc3ccccc3C2)c1.O=C(Cc1ccnc(C2=Nc3ccccc3C2)c1)OCc1ccccc1.OCc1ccccc1. The Morgan fingerprint density at radius 1 is 0.500 bits per heavy atom. The second kappa shape index (κ2) is 26.9. The van der Waals surface area contributed by atoms with Crippen LogP contribution in [0.2, 0.25) is 0 Å². The summed E-state index contributed by atoms with van der Waals surface area (Å²) in [7, 11) is 0. The van der Waals surface area contributed by atoms with Crippen molar-refractivity contribution in [3.63, 3.8) is 0 Å². The number of benzene rings is 5. The molecule has 0 unspecified atom stereocenters. The van der Waals surface area contributed by atoms with Crippen LogP contribution in [0.3, 0.4) is 0 Å². The summed E-state index contributed by atoms with van der Waals surface area (Å²) in [6, 6.07) is 55.4. The van der Waals surface area contributed by atoms with Crippen molar-refractivity contribution in [3.05, 3.63) is 250 Å². The molecule has 0 amide bonds. The maximum absolute atomic E-state index is 12.1. The molecule has 0 spiro atoms. The lowest BCUT2D eigenvalue weighted by molar-refractivity contribution is -0.144. The van der Waals surface area contributed by atoms with Gasteiger partial charge in [-0.15, -0.1) is 0 Å². The van der Waals surface area contributed by atoms with Crippen LogP contribution in [0.4, 0.5) is 17.1 Å². The average molecular weight is 981 g/mol. The van der Waals surface area contributed by atoms with Crippen molar-refractivity contribution in [1.82, 2.24) is 15.0 Å². The highest BCUT2D eigenvalue weighted by Crippen LogP contribution is 2.30. The summed E-state index contributed by atoms with van der Waals surface area (Å²) in [6.07, 6.45) is 11.0. The summed E-state index contributed by atoms with van der Waals surface area (Å²) in [6.45, 7) is 6.11. The minimum absolute atomic E-state index is 0.140. The van der Waals surface area contributed by atoms with Gasteiger partial charge in [0.05, 0.1) is 64.3 Å². The molecule has 3 aromatic heterocycles.